The van der Waals surface area contributed by atoms with Crippen LogP contribution in [-0.2, 0) is 13.7 Å². The van der Waals surface area contributed by atoms with E-state index in [1.807, 2.05) is 14.0 Å². The highest BCUT2D eigenvalue weighted by Crippen LogP contribution is 2.26. The second kappa shape index (κ2) is 5.75. The number of benzene rings is 1. The van der Waals surface area contributed by atoms with Crippen molar-refractivity contribution in [1.82, 2.24) is 25.5 Å². The molecule has 1 unspecified atom stereocenters. The van der Waals surface area contributed by atoms with E-state index in [-0.39, 0.29) is 18.5 Å². The summed E-state index contributed by atoms with van der Waals surface area (Å²) in [5.41, 5.74) is 0.756. The summed E-state index contributed by atoms with van der Waals surface area (Å²) in [5, 5.41) is 14.6. The van der Waals surface area contributed by atoms with Gasteiger partial charge in [0.2, 0.25) is 5.82 Å². The molecule has 0 amide bonds. The molecule has 6 nitrogen and oxygen atoms in total. The van der Waals surface area contributed by atoms with Crippen molar-refractivity contribution in [3.05, 3.63) is 35.4 Å². The van der Waals surface area contributed by atoms with Crippen LogP contribution in [0.4, 0.5) is 4.39 Å². The molecule has 0 aliphatic rings. The molecule has 0 fully saturated rings. The van der Waals surface area contributed by atoms with Gasteiger partial charge in [0, 0.05) is 11.6 Å². The average molecular weight is 265 g/mol. The Labute approximate surface area is 110 Å². The van der Waals surface area contributed by atoms with E-state index >= 15 is 0 Å². The number of nitrogens with zero attached hydrogens (tertiary/aromatic N) is 4. The van der Waals surface area contributed by atoms with Crippen molar-refractivity contribution in [1.29, 1.82) is 0 Å². The molecule has 2 aromatic rings. The van der Waals surface area contributed by atoms with Crippen molar-refractivity contribution in [3.63, 3.8) is 0 Å². The maximum absolute atomic E-state index is 13.3. The lowest BCUT2D eigenvalue weighted by Crippen LogP contribution is -2.14. The van der Waals surface area contributed by atoms with Gasteiger partial charge in [-0.05, 0) is 37.4 Å². The molecule has 0 saturated carbocycles. The lowest BCUT2D eigenvalue weighted by atomic mass is 10.1. The van der Waals surface area contributed by atoms with E-state index < -0.39 is 0 Å². The second-order valence-corrected chi connectivity index (χ2v) is 4.18. The summed E-state index contributed by atoms with van der Waals surface area (Å²) in [6, 6.07) is 4.42. The molecule has 1 aromatic carbocycles. The third kappa shape index (κ3) is 3.25. The van der Waals surface area contributed by atoms with Gasteiger partial charge in [-0.1, -0.05) is 0 Å². The van der Waals surface area contributed by atoms with Crippen molar-refractivity contribution in [2.75, 3.05) is 7.05 Å². The fourth-order valence-corrected chi connectivity index (χ4v) is 1.67. The number of aromatic nitrogens is 4. The van der Waals surface area contributed by atoms with Gasteiger partial charge in [-0.2, -0.15) is 4.80 Å². The lowest BCUT2D eigenvalue weighted by Gasteiger charge is -2.15. The van der Waals surface area contributed by atoms with Crippen molar-refractivity contribution in [2.24, 2.45) is 7.05 Å². The van der Waals surface area contributed by atoms with Gasteiger partial charge in [0.25, 0.3) is 0 Å². The zero-order valence-electron chi connectivity index (χ0n) is 11.1. The highest BCUT2D eigenvalue weighted by atomic mass is 19.1. The highest BCUT2D eigenvalue weighted by molar-refractivity contribution is 5.36. The Kier molecular flexibility index (Phi) is 4.06. The van der Waals surface area contributed by atoms with Crippen LogP contribution in [0.1, 0.15) is 24.4 Å². The van der Waals surface area contributed by atoms with Gasteiger partial charge in [0.15, 0.2) is 6.61 Å². The monoisotopic (exact) mass is 265 g/mol. The van der Waals surface area contributed by atoms with Crippen LogP contribution in [0.15, 0.2) is 18.2 Å². The van der Waals surface area contributed by atoms with Gasteiger partial charge in [-0.3, -0.25) is 0 Å². The molecule has 19 heavy (non-hydrogen) atoms. The summed E-state index contributed by atoms with van der Waals surface area (Å²) in [6.45, 7) is 2.13. The Morgan fingerprint density at radius 2 is 2.26 bits per heavy atom. The molecule has 0 radical (unpaired) electrons. The van der Waals surface area contributed by atoms with E-state index in [9.17, 15) is 4.39 Å². The average Bonchev–Trinajstić information content (AvgIpc) is 2.82. The van der Waals surface area contributed by atoms with Gasteiger partial charge in [-0.25, -0.2) is 4.39 Å². The van der Waals surface area contributed by atoms with Crippen LogP contribution in [0.5, 0.6) is 5.75 Å². The third-order valence-corrected chi connectivity index (χ3v) is 2.78. The zero-order chi connectivity index (χ0) is 13.8. The highest BCUT2D eigenvalue weighted by Gasteiger charge is 2.12. The van der Waals surface area contributed by atoms with Crippen molar-refractivity contribution in [3.8, 4) is 5.75 Å². The van der Waals surface area contributed by atoms with E-state index in [4.69, 9.17) is 4.74 Å². The van der Waals surface area contributed by atoms with Crippen molar-refractivity contribution in [2.45, 2.75) is 19.6 Å². The van der Waals surface area contributed by atoms with E-state index in [0.29, 0.717) is 11.6 Å². The molecule has 0 aliphatic carbocycles. The topological polar surface area (TPSA) is 64.9 Å². The number of rotatable bonds is 5. The summed E-state index contributed by atoms with van der Waals surface area (Å²) in [4.78, 5) is 1.36. The Bertz CT molecular complexity index is 557. The molecular weight excluding hydrogens is 249 g/mol. The number of nitrogens with one attached hydrogen (secondary N) is 1. The zero-order valence-corrected chi connectivity index (χ0v) is 11.1. The van der Waals surface area contributed by atoms with Gasteiger partial charge in [-0.15, -0.1) is 10.2 Å². The molecule has 0 aliphatic heterocycles. The van der Waals surface area contributed by atoms with Crippen LogP contribution >= 0.6 is 0 Å². The molecule has 1 atom stereocenters. The van der Waals surface area contributed by atoms with Crippen LogP contribution < -0.4 is 10.1 Å². The van der Waals surface area contributed by atoms with Gasteiger partial charge < -0.3 is 10.1 Å². The Morgan fingerprint density at radius 1 is 1.47 bits per heavy atom. The molecule has 1 N–H and O–H groups in total. The fraction of sp³-hybridized carbons (Fsp3) is 0.417. The second-order valence-electron chi connectivity index (χ2n) is 4.18. The van der Waals surface area contributed by atoms with Crippen LogP contribution in [0.2, 0.25) is 0 Å². The normalized spacial score (nSPS) is 12.4. The smallest absolute Gasteiger partial charge is 0.212 e. The number of aryl methyl sites for hydroxylation is 1. The summed E-state index contributed by atoms with van der Waals surface area (Å²) >= 11 is 0. The van der Waals surface area contributed by atoms with Crippen LogP contribution in [0.3, 0.4) is 0 Å². The van der Waals surface area contributed by atoms with Gasteiger partial charge in [0.1, 0.15) is 11.6 Å². The van der Waals surface area contributed by atoms with Crippen LogP contribution in [-0.4, -0.2) is 27.3 Å². The summed E-state index contributed by atoms with van der Waals surface area (Å²) in [7, 11) is 3.49. The van der Waals surface area contributed by atoms with Crippen LogP contribution in [0.25, 0.3) is 0 Å². The van der Waals surface area contributed by atoms with Crippen LogP contribution in [0, 0.1) is 5.82 Å². The first-order chi connectivity index (χ1) is 9.10. The minimum atomic E-state index is -0.290. The molecule has 7 heteroatoms. The number of hydrogen-bond acceptors (Lipinski definition) is 5. The Balaban J connectivity index is 2.15. The third-order valence-electron chi connectivity index (χ3n) is 2.78. The Hall–Kier alpha value is -2.02. The predicted octanol–water partition coefficient (Wildman–Crippen LogP) is 1.21. The quantitative estimate of drug-likeness (QED) is 0.880. The molecular formula is C12H16FN5O. The van der Waals surface area contributed by atoms with Crippen molar-refractivity contribution >= 4 is 0 Å². The van der Waals surface area contributed by atoms with Gasteiger partial charge in [0.05, 0.1) is 7.05 Å². The minimum Gasteiger partial charge on any atom is -0.485 e. The summed E-state index contributed by atoms with van der Waals surface area (Å²) in [6.07, 6.45) is 0. The van der Waals surface area contributed by atoms with E-state index in [0.717, 1.165) is 5.56 Å². The maximum atomic E-state index is 13.3. The number of halogens is 1. The van der Waals surface area contributed by atoms with Gasteiger partial charge >= 0.3 is 0 Å². The van der Waals surface area contributed by atoms with E-state index in [1.165, 1.54) is 16.9 Å². The lowest BCUT2D eigenvalue weighted by molar-refractivity contribution is 0.289. The molecule has 2 rings (SSSR count). The van der Waals surface area contributed by atoms with E-state index in [2.05, 4.69) is 20.7 Å². The molecule has 102 valence electrons. The van der Waals surface area contributed by atoms with Crippen molar-refractivity contribution < 1.29 is 9.13 Å². The Morgan fingerprint density at radius 3 is 2.89 bits per heavy atom. The first-order valence-electron chi connectivity index (χ1n) is 5.92. The first kappa shape index (κ1) is 13.4. The summed E-state index contributed by atoms with van der Waals surface area (Å²) < 4.78 is 18.9. The fourth-order valence-electron chi connectivity index (χ4n) is 1.67. The molecule has 0 saturated heterocycles. The number of ether oxygens (including phenoxy) is 1. The first-order valence-corrected chi connectivity index (χ1v) is 5.92. The molecule has 0 spiro atoms. The molecule has 1 heterocycles. The maximum Gasteiger partial charge on any atom is 0.212 e. The molecule has 0 bridgehead atoms. The molecule has 1 aromatic heterocycles. The predicted molar refractivity (Wildman–Crippen MR) is 67.0 cm³/mol. The number of hydrogen-bond donors (Lipinski definition) is 1. The largest absolute Gasteiger partial charge is 0.485 e. The number of tetrazole rings is 1. The SMILES string of the molecule is CNC(C)c1cc(F)ccc1OCc1nnn(C)n1. The summed E-state index contributed by atoms with van der Waals surface area (Å²) in [5.74, 6) is 0.799. The standard InChI is InChI=1S/C12H16FN5O/c1-8(14-2)10-6-9(13)4-5-11(10)19-7-12-15-17-18(3)16-12/h4-6,8,14H,7H2,1-3H3. The van der Waals surface area contributed by atoms with E-state index in [1.54, 1.807) is 13.1 Å². The minimum absolute atomic E-state index is 0.0134.